The van der Waals surface area contributed by atoms with Gasteiger partial charge in [-0.1, -0.05) is 37.9 Å². The largest absolute Gasteiger partial charge is 0.469 e. The molecule has 2 heterocycles. The maximum Gasteiger partial charge on any atom is 0.277 e. The number of rotatable bonds is 9. The van der Waals surface area contributed by atoms with Gasteiger partial charge in [0.05, 0.1) is 17.6 Å². The van der Waals surface area contributed by atoms with Crippen LogP contribution in [-0.4, -0.2) is 27.9 Å². The van der Waals surface area contributed by atoms with Crippen molar-refractivity contribution in [2.45, 2.75) is 57.7 Å². The first-order valence-corrected chi connectivity index (χ1v) is 8.88. The van der Waals surface area contributed by atoms with Gasteiger partial charge in [0.15, 0.2) is 0 Å². The molecule has 1 amide bonds. The van der Waals surface area contributed by atoms with Crippen LogP contribution in [0.4, 0.5) is 0 Å². The Morgan fingerprint density at radius 3 is 2.91 bits per heavy atom. The quantitative estimate of drug-likeness (QED) is 0.553. The highest BCUT2D eigenvalue weighted by Crippen LogP contribution is 2.26. The van der Waals surface area contributed by atoms with Crippen LogP contribution in [0, 0.1) is 6.92 Å². The molecule has 0 aliphatic carbocycles. The first kappa shape index (κ1) is 17.6. The Hall–Kier alpha value is -1.76. The maximum absolute atomic E-state index is 11.9. The summed E-state index contributed by atoms with van der Waals surface area (Å²) >= 11 is 1.24. The van der Waals surface area contributed by atoms with Crippen molar-refractivity contribution in [1.29, 1.82) is 0 Å². The first-order valence-electron chi connectivity index (χ1n) is 7.90. The number of nitrogens with zero attached hydrogens (tertiary/aromatic N) is 2. The molecule has 0 fully saturated rings. The van der Waals surface area contributed by atoms with Crippen LogP contribution in [0.1, 0.15) is 45.3 Å². The summed E-state index contributed by atoms with van der Waals surface area (Å²) in [6, 6.07) is 1.98. The second kappa shape index (κ2) is 8.76. The Balaban J connectivity index is 1.77. The molecule has 0 saturated heterocycles. The van der Waals surface area contributed by atoms with Gasteiger partial charge in [-0.2, -0.15) is 0 Å². The lowest BCUT2D eigenvalue weighted by atomic mass is 10.1. The van der Waals surface area contributed by atoms with E-state index in [-0.39, 0.29) is 17.7 Å². The number of aryl methyl sites for hydroxylation is 1. The number of furan rings is 1. The van der Waals surface area contributed by atoms with Crippen molar-refractivity contribution < 1.29 is 13.6 Å². The molecule has 0 radical (unpaired) electrons. The molecular formula is C16H23N3O3S. The van der Waals surface area contributed by atoms with Gasteiger partial charge in [-0.25, -0.2) is 0 Å². The predicted molar refractivity (Wildman–Crippen MR) is 89.2 cm³/mol. The van der Waals surface area contributed by atoms with Crippen molar-refractivity contribution in [1.82, 2.24) is 15.5 Å². The van der Waals surface area contributed by atoms with Crippen LogP contribution in [-0.2, 0) is 4.79 Å². The zero-order chi connectivity index (χ0) is 16.7. The summed E-state index contributed by atoms with van der Waals surface area (Å²) in [6.45, 7) is 6.04. The molecular weight excluding hydrogens is 314 g/mol. The second-order valence-corrected chi connectivity index (χ2v) is 6.44. The highest BCUT2D eigenvalue weighted by atomic mass is 32.2. The van der Waals surface area contributed by atoms with Crippen LogP contribution < -0.4 is 5.32 Å². The monoisotopic (exact) mass is 337 g/mol. The highest BCUT2D eigenvalue weighted by molar-refractivity contribution is 7.99. The molecule has 0 aliphatic heterocycles. The molecule has 7 heteroatoms. The van der Waals surface area contributed by atoms with Crippen LogP contribution in [0.15, 0.2) is 26.4 Å². The fourth-order valence-corrected chi connectivity index (χ4v) is 2.77. The predicted octanol–water partition coefficient (Wildman–Crippen LogP) is 3.82. The van der Waals surface area contributed by atoms with Gasteiger partial charge < -0.3 is 14.2 Å². The van der Waals surface area contributed by atoms with E-state index in [1.807, 2.05) is 13.8 Å². The Labute approximate surface area is 140 Å². The Morgan fingerprint density at radius 2 is 2.22 bits per heavy atom. The minimum absolute atomic E-state index is 0.0155. The lowest BCUT2D eigenvalue weighted by molar-refractivity contribution is -0.119. The third-order valence-electron chi connectivity index (χ3n) is 3.47. The van der Waals surface area contributed by atoms with Crippen molar-refractivity contribution in [3.05, 3.63) is 18.1 Å². The number of carbonyl (C=O) groups is 1. The van der Waals surface area contributed by atoms with E-state index in [4.69, 9.17) is 8.83 Å². The molecule has 2 rings (SSSR count). The number of amides is 1. The van der Waals surface area contributed by atoms with Crippen molar-refractivity contribution in [2.24, 2.45) is 0 Å². The van der Waals surface area contributed by atoms with E-state index < -0.39 is 0 Å². The molecule has 126 valence electrons. The minimum atomic E-state index is -0.0155. The number of unbranched alkanes of at least 4 members (excludes halogenated alkanes) is 2. The van der Waals surface area contributed by atoms with Gasteiger partial charge in [0.1, 0.15) is 5.76 Å². The van der Waals surface area contributed by atoms with Crippen LogP contribution in [0.5, 0.6) is 0 Å². The normalized spacial score (nSPS) is 12.3. The molecule has 0 bridgehead atoms. The van der Waals surface area contributed by atoms with E-state index >= 15 is 0 Å². The van der Waals surface area contributed by atoms with E-state index in [1.54, 1.807) is 12.3 Å². The lowest BCUT2D eigenvalue weighted by Crippen LogP contribution is -2.33. The summed E-state index contributed by atoms with van der Waals surface area (Å²) in [7, 11) is 0. The first-order chi connectivity index (χ1) is 11.1. The number of hydrogen-bond acceptors (Lipinski definition) is 6. The fraction of sp³-hybridized carbons (Fsp3) is 0.562. The topological polar surface area (TPSA) is 81.2 Å². The summed E-state index contributed by atoms with van der Waals surface area (Å²) < 4.78 is 10.8. The molecule has 6 nitrogen and oxygen atoms in total. The Morgan fingerprint density at radius 1 is 1.39 bits per heavy atom. The third-order valence-corrected chi connectivity index (χ3v) is 4.29. The summed E-state index contributed by atoms with van der Waals surface area (Å²) in [4.78, 5) is 11.9. The van der Waals surface area contributed by atoms with Gasteiger partial charge in [0, 0.05) is 6.04 Å². The van der Waals surface area contributed by atoms with Crippen molar-refractivity contribution in [3.63, 3.8) is 0 Å². The zero-order valence-corrected chi connectivity index (χ0v) is 14.6. The van der Waals surface area contributed by atoms with E-state index in [0.717, 1.165) is 24.2 Å². The van der Waals surface area contributed by atoms with Crippen molar-refractivity contribution >= 4 is 17.7 Å². The summed E-state index contributed by atoms with van der Waals surface area (Å²) in [5.74, 6) is 1.39. The summed E-state index contributed by atoms with van der Waals surface area (Å²) in [5.41, 5.74) is 0.776. The van der Waals surface area contributed by atoms with Crippen LogP contribution >= 0.6 is 11.8 Å². The third kappa shape index (κ3) is 5.42. The number of aromatic nitrogens is 2. The summed E-state index contributed by atoms with van der Waals surface area (Å²) in [5, 5.41) is 11.3. The molecule has 0 aliphatic rings. The van der Waals surface area contributed by atoms with Gasteiger partial charge in [0.2, 0.25) is 5.91 Å². The van der Waals surface area contributed by atoms with E-state index in [9.17, 15) is 4.79 Å². The summed E-state index contributed by atoms with van der Waals surface area (Å²) in [6.07, 6.45) is 6.12. The second-order valence-electron chi connectivity index (χ2n) is 5.52. The molecule has 0 aromatic carbocycles. The van der Waals surface area contributed by atoms with Crippen LogP contribution in [0.2, 0.25) is 0 Å². The zero-order valence-electron chi connectivity index (χ0n) is 13.8. The smallest absolute Gasteiger partial charge is 0.277 e. The SMILES string of the molecule is CCCCC[C@H](C)NC(=O)CSc1nnc(-c2ccoc2C)o1. The maximum atomic E-state index is 11.9. The minimum Gasteiger partial charge on any atom is -0.469 e. The molecule has 1 atom stereocenters. The standard InChI is InChI=1S/C16H23N3O3S/c1-4-5-6-7-11(2)17-14(20)10-23-16-19-18-15(22-16)13-8-9-21-12(13)3/h8-9,11H,4-7,10H2,1-3H3,(H,17,20)/t11-/m0/s1. The number of thioether (sulfide) groups is 1. The lowest BCUT2D eigenvalue weighted by Gasteiger charge is -2.12. The molecule has 2 aromatic rings. The van der Waals surface area contributed by atoms with Crippen LogP contribution in [0.3, 0.4) is 0 Å². The molecule has 2 aromatic heterocycles. The number of nitrogens with one attached hydrogen (secondary N) is 1. The highest BCUT2D eigenvalue weighted by Gasteiger charge is 2.15. The van der Waals surface area contributed by atoms with Crippen molar-refractivity contribution in [3.8, 4) is 11.5 Å². The number of carbonyl (C=O) groups excluding carboxylic acids is 1. The van der Waals surface area contributed by atoms with Gasteiger partial charge in [-0.15, -0.1) is 10.2 Å². The van der Waals surface area contributed by atoms with Crippen molar-refractivity contribution in [2.75, 3.05) is 5.75 Å². The Bertz CT molecular complexity index is 624. The molecule has 1 N–H and O–H groups in total. The van der Waals surface area contributed by atoms with Gasteiger partial charge in [0.25, 0.3) is 11.1 Å². The van der Waals surface area contributed by atoms with Gasteiger partial charge >= 0.3 is 0 Å². The number of hydrogen-bond donors (Lipinski definition) is 1. The van der Waals surface area contributed by atoms with E-state index in [1.165, 1.54) is 24.6 Å². The van der Waals surface area contributed by atoms with E-state index in [2.05, 4.69) is 22.4 Å². The average molecular weight is 337 g/mol. The molecule has 0 saturated carbocycles. The van der Waals surface area contributed by atoms with Crippen LogP contribution in [0.25, 0.3) is 11.5 Å². The molecule has 23 heavy (non-hydrogen) atoms. The van der Waals surface area contributed by atoms with E-state index in [0.29, 0.717) is 11.1 Å². The fourth-order valence-electron chi connectivity index (χ4n) is 2.20. The molecule has 0 spiro atoms. The molecule has 0 unspecified atom stereocenters. The van der Waals surface area contributed by atoms with Gasteiger partial charge in [-0.3, -0.25) is 4.79 Å². The Kier molecular flexibility index (Phi) is 6.70. The average Bonchev–Trinajstić information content (AvgIpc) is 3.14. The van der Waals surface area contributed by atoms with Gasteiger partial charge in [-0.05, 0) is 26.3 Å².